The number of aliphatic imine (C=N–C) groups is 1. The molecule has 1 heterocycles. The number of likely N-dealkylation sites (tertiary alicyclic amines) is 1. The van der Waals surface area contributed by atoms with E-state index in [0.717, 1.165) is 51.2 Å². The highest BCUT2D eigenvalue weighted by Gasteiger charge is 2.24. The van der Waals surface area contributed by atoms with Gasteiger partial charge in [-0.15, -0.1) is 24.0 Å². The van der Waals surface area contributed by atoms with Crippen LogP contribution in [0, 0.1) is 0 Å². The highest BCUT2D eigenvalue weighted by molar-refractivity contribution is 14.0. The highest BCUT2D eigenvalue weighted by Crippen LogP contribution is 2.19. The van der Waals surface area contributed by atoms with Gasteiger partial charge in [0, 0.05) is 13.1 Å². The van der Waals surface area contributed by atoms with Gasteiger partial charge in [0.2, 0.25) is 0 Å². The van der Waals surface area contributed by atoms with Gasteiger partial charge in [0.25, 0.3) is 0 Å². The predicted molar refractivity (Wildman–Crippen MR) is 119 cm³/mol. The number of hydrogen-bond acceptors (Lipinski definition) is 3. The molecule has 1 aliphatic rings. The Morgan fingerprint density at radius 2 is 1.68 bits per heavy atom. The van der Waals surface area contributed by atoms with Gasteiger partial charge >= 0.3 is 0 Å². The van der Waals surface area contributed by atoms with E-state index in [1.54, 1.807) is 0 Å². The van der Waals surface area contributed by atoms with Crippen molar-refractivity contribution in [1.29, 1.82) is 0 Å². The Morgan fingerprint density at radius 3 is 2.24 bits per heavy atom. The lowest BCUT2D eigenvalue weighted by atomic mass is 9.93. The quantitative estimate of drug-likeness (QED) is 0.178. The third kappa shape index (κ3) is 11.3. The monoisotopic (exact) mass is 468 g/mol. The molecule has 0 aromatic rings. The number of aliphatic hydroxyl groups is 1. The molecule has 0 unspecified atom stereocenters. The molecular formula is C19H41IN4O. The average molecular weight is 468 g/mol. The lowest BCUT2D eigenvalue weighted by Gasteiger charge is -2.26. The highest BCUT2D eigenvalue weighted by atomic mass is 127. The predicted octanol–water partition coefficient (Wildman–Crippen LogP) is 3.37. The van der Waals surface area contributed by atoms with E-state index in [1.807, 2.05) is 0 Å². The lowest BCUT2D eigenvalue weighted by molar-refractivity contribution is 0.0306. The summed E-state index contributed by atoms with van der Waals surface area (Å²) in [5.74, 6) is 0.837. The topological polar surface area (TPSA) is 59.9 Å². The normalized spacial score (nSPS) is 15.9. The summed E-state index contributed by atoms with van der Waals surface area (Å²) in [5.41, 5.74) is -0.651. The number of unbranched alkanes of at least 4 members (excludes halogenated alkanes) is 1. The van der Waals surface area contributed by atoms with Gasteiger partial charge in [0.1, 0.15) is 0 Å². The molecule has 1 aliphatic heterocycles. The zero-order chi connectivity index (χ0) is 17.7. The summed E-state index contributed by atoms with van der Waals surface area (Å²) >= 11 is 0. The summed E-state index contributed by atoms with van der Waals surface area (Å²) in [6.07, 6.45) is 8.76. The van der Waals surface area contributed by atoms with Crippen LogP contribution in [0.2, 0.25) is 0 Å². The van der Waals surface area contributed by atoms with Crippen LogP contribution < -0.4 is 10.6 Å². The van der Waals surface area contributed by atoms with Crippen molar-refractivity contribution in [3.05, 3.63) is 0 Å². The van der Waals surface area contributed by atoms with Crippen LogP contribution in [0.15, 0.2) is 4.99 Å². The van der Waals surface area contributed by atoms with Crippen LogP contribution in [0.5, 0.6) is 0 Å². The lowest BCUT2D eigenvalue weighted by Crippen LogP contribution is -2.40. The molecule has 25 heavy (non-hydrogen) atoms. The van der Waals surface area contributed by atoms with Gasteiger partial charge in [-0.25, -0.2) is 0 Å². The third-order valence-corrected chi connectivity index (χ3v) is 4.70. The maximum Gasteiger partial charge on any atom is 0.191 e. The van der Waals surface area contributed by atoms with E-state index < -0.39 is 5.60 Å². The summed E-state index contributed by atoms with van der Waals surface area (Å²) in [4.78, 5) is 7.20. The minimum atomic E-state index is -0.651. The fraction of sp³-hybridized carbons (Fsp3) is 0.947. The van der Waals surface area contributed by atoms with Gasteiger partial charge in [-0.2, -0.15) is 0 Å². The van der Waals surface area contributed by atoms with Crippen molar-refractivity contribution in [2.24, 2.45) is 4.99 Å². The number of halogens is 1. The van der Waals surface area contributed by atoms with Crippen LogP contribution >= 0.6 is 24.0 Å². The Labute approximate surface area is 172 Å². The zero-order valence-corrected chi connectivity index (χ0v) is 19.0. The maximum atomic E-state index is 10.7. The smallest absolute Gasteiger partial charge is 0.191 e. The van der Waals surface area contributed by atoms with Gasteiger partial charge in [0.15, 0.2) is 5.96 Å². The van der Waals surface area contributed by atoms with Gasteiger partial charge in [-0.1, -0.05) is 26.7 Å². The Morgan fingerprint density at radius 1 is 1.04 bits per heavy atom. The van der Waals surface area contributed by atoms with Crippen molar-refractivity contribution >= 4 is 29.9 Å². The van der Waals surface area contributed by atoms with Gasteiger partial charge in [0.05, 0.1) is 12.1 Å². The molecule has 0 aromatic heterocycles. The summed E-state index contributed by atoms with van der Waals surface area (Å²) in [7, 11) is 0. The summed E-state index contributed by atoms with van der Waals surface area (Å²) in [6, 6.07) is 0. The number of nitrogens with one attached hydrogen (secondary N) is 2. The summed E-state index contributed by atoms with van der Waals surface area (Å²) < 4.78 is 0. The minimum Gasteiger partial charge on any atom is -0.388 e. The first kappa shape index (κ1) is 24.9. The molecule has 0 radical (unpaired) electrons. The largest absolute Gasteiger partial charge is 0.388 e. The first-order valence-electron chi connectivity index (χ1n) is 10.1. The Hall–Kier alpha value is -0.0800. The average Bonchev–Trinajstić information content (AvgIpc) is 3.06. The van der Waals surface area contributed by atoms with Gasteiger partial charge in [-0.3, -0.25) is 4.99 Å². The van der Waals surface area contributed by atoms with E-state index in [4.69, 9.17) is 0 Å². The van der Waals surface area contributed by atoms with Crippen molar-refractivity contribution in [3.8, 4) is 0 Å². The van der Waals surface area contributed by atoms with Gasteiger partial charge in [-0.05, 0) is 65.1 Å². The van der Waals surface area contributed by atoms with Crippen LogP contribution in [0.3, 0.4) is 0 Å². The molecule has 0 spiro atoms. The van der Waals surface area contributed by atoms with E-state index in [2.05, 4.69) is 41.3 Å². The minimum absolute atomic E-state index is 0. The fourth-order valence-corrected chi connectivity index (χ4v) is 3.46. The van der Waals surface area contributed by atoms with E-state index in [9.17, 15) is 5.11 Å². The number of guanidine groups is 1. The molecule has 5 nitrogen and oxygen atoms in total. The van der Waals surface area contributed by atoms with Crippen molar-refractivity contribution in [1.82, 2.24) is 15.5 Å². The third-order valence-electron chi connectivity index (χ3n) is 4.70. The second kappa shape index (κ2) is 15.0. The molecule has 150 valence electrons. The second-order valence-corrected chi connectivity index (χ2v) is 7.10. The molecule has 1 rings (SSSR count). The second-order valence-electron chi connectivity index (χ2n) is 7.10. The van der Waals surface area contributed by atoms with E-state index >= 15 is 0 Å². The number of hydrogen-bond donors (Lipinski definition) is 3. The van der Waals surface area contributed by atoms with Crippen molar-refractivity contribution in [2.45, 2.75) is 77.7 Å². The first-order valence-corrected chi connectivity index (χ1v) is 10.1. The number of rotatable bonds is 12. The molecule has 6 heteroatoms. The van der Waals surface area contributed by atoms with E-state index in [-0.39, 0.29) is 24.0 Å². The van der Waals surface area contributed by atoms with Crippen molar-refractivity contribution in [3.63, 3.8) is 0 Å². The molecule has 1 fully saturated rings. The Kier molecular flexibility index (Phi) is 15.0. The van der Waals surface area contributed by atoms with Crippen molar-refractivity contribution < 1.29 is 5.11 Å². The molecule has 0 amide bonds. The van der Waals surface area contributed by atoms with Crippen LogP contribution in [-0.4, -0.2) is 60.8 Å². The molecule has 3 N–H and O–H groups in total. The van der Waals surface area contributed by atoms with E-state index in [0.29, 0.717) is 6.54 Å². The first-order chi connectivity index (χ1) is 11.6. The molecule has 0 atom stereocenters. The van der Waals surface area contributed by atoms with Gasteiger partial charge < -0.3 is 20.6 Å². The SMILES string of the molecule is CCCC(O)(CCC)CN=C(NCC)NCCCCN1CCCC1.I. The summed E-state index contributed by atoms with van der Waals surface area (Å²) in [6.45, 7) is 12.4. The molecule has 0 aliphatic carbocycles. The van der Waals surface area contributed by atoms with Crippen LogP contribution in [0.4, 0.5) is 0 Å². The van der Waals surface area contributed by atoms with Crippen LogP contribution in [0.25, 0.3) is 0 Å². The summed E-state index contributed by atoms with van der Waals surface area (Å²) in [5, 5.41) is 17.4. The Balaban J connectivity index is 0.00000576. The number of nitrogens with zero attached hydrogens (tertiary/aromatic N) is 2. The molecular weight excluding hydrogens is 427 g/mol. The van der Waals surface area contributed by atoms with E-state index in [1.165, 1.54) is 38.9 Å². The molecule has 1 saturated heterocycles. The standard InChI is InChI=1S/C19H40N4O.HI/c1-4-11-19(24,12-5-2)17-22-18(20-6-3)21-13-7-8-14-23-15-9-10-16-23;/h24H,4-17H2,1-3H3,(H2,20,21,22);1H. The van der Waals surface area contributed by atoms with Crippen LogP contribution in [0.1, 0.15) is 72.1 Å². The molecule has 0 bridgehead atoms. The zero-order valence-electron chi connectivity index (χ0n) is 16.6. The van der Waals surface area contributed by atoms with Crippen LogP contribution in [-0.2, 0) is 0 Å². The molecule has 0 aromatic carbocycles. The fourth-order valence-electron chi connectivity index (χ4n) is 3.46. The Bertz CT molecular complexity index is 340. The molecule has 0 saturated carbocycles. The maximum absolute atomic E-state index is 10.7. The van der Waals surface area contributed by atoms with Crippen molar-refractivity contribution in [2.75, 3.05) is 39.3 Å².